The van der Waals surface area contributed by atoms with E-state index >= 15 is 0 Å². The molecule has 0 bridgehead atoms. The number of benzene rings is 2. The van der Waals surface area contributed by atoms with Gasteiger partial charge in [-0.15, -0.1) is 11.8 Å². The molecule has 2 aliphatic rings. The Kier molecular flexibility index (Phi) is 8.52. The molecule has 2 aromatic rings. The molecule has 4 rings (SSSR count). The van der Waals surface area contributed by atoms with Gasteiger partial charge in [0.1, 0.15) is 22.4 Å². The number of rotatable bonds is 7. The topological polar surface area (TPSA) is 84.9 Å². The number of nitrogens with zero attached hydrogens (tertiary/aromatic N) is 1. The summed E-state index contributed by atoms with van der Waals surface area (Å²) < 4.78 is 12.3. The van der Waals surface area contributed by atoms with Gasteiger partial charge in [0.2, 0.25) is 5.91 Å². The molecule has 0 aromatic heterocycles. The zero-order chi connectivity index (χ0) is 26.6. The number of hydrogen-bond acceptors (Lipinski definition) is 6. The van der Waals surface area contributed by atoms with Gasteiger partial charge in [-0.1, -0.05) is 95.4 Å². The quantitative estimate of drug-likeness (QED) is 0.150. The second-order valence-corrected chi connectivity index (χ2v) is 12.1. The third-order valence-corrected chi connectivity index (χ3v) is 8.20. The fourth-order valence-corrected chi connectivity index (χ4v) is 6.16. The van der Waals surface area contributed by atoms with Crippen LogP contribution in [0.25, 0.3) is 0 Å². The van der Waals surface area contributed by atoms with Crippen molar-refractivity contribution >= 4 is 52.3 Å². The Morgan fingerprint density at radius 3 is 2.27 bits per heavy atom. The van der Waals surface area contributed by atoms with Gasteiger partial charge in [-0.25, -0.2) is 4.79 Å². The minimum absolute atomic E-state index is 0.193. The first-order valence-electron chi connectivity index (χ1n) is 12.1. The molecule has 2 unspecified atom stereocenters. The number of halogens is 1. The molecule has 2 aromatic carbocycles. The Bertz CT molecular complexity index is 1110. The van der Waals surface area contributed by atoms with Gasteiger partial charge in [-0.2, -0.15) is 0 Å². The molecular weight excluding hydrogens is 603 g/mol. The van der Waals surface area contributed by atoms with Gasteiger partial charge in [0, 0.05) is 16.7 Å². The van der Waals surface area contributed by atoms with Gasteiger partial charge in [0.25, 0.3) is 0 Å². The van der Waals surface area contributed by atoms with Crippen molar-refractivity contribution in [2.45, 2.75) is 43.9 Å². The minimum atomic E-state index is -0.999. The number of carbonyl (C=O) groups excluding carboxylic acids is 3. The number of esters is 1. The third-order valence-electron chi connectivity index (χ3n) is 6.14. The fourth-order valence-electron chi connectivity index (χ4n) is 4.40. The maximum atomic E-state index is 13.9. The first kappa shape index (κ1) is 27.5. The Hall–Kier alpha value is -2.53. The molecule has 9 heteroatoms. The molecule has 7 nitrogen and oxygen atoms in total. The molecule has 0 saturated carbocycles. The SMILES string of the molecule is CC(C)(C)OC(=O)NC1C(=O)N2CC(C=CCI)(C(=O)OC(c3ccccc3)c3ccccc3)CS[C@H]12. The van der Waals surface area contributed by atoms with E-state index in [1.807, 2.05) is 72.8 Å². The molecule has 0 aliphatic carbocycles. The predicted octanol–water partition coefficient (Wildman–Crippen LogP) is 5.11. The third kappa shape index (κ3) is 6.31. The molecule has 0 radical (unpaired) electrons. The fraction of sp³-hybridized carbons (Fsp3) is 0.393. The summed E-state index contributed by atoms with van der Waals surface area (Å²) >= 11 is 3.69. The lowest BCUT2D eigenvalue weighted by atomic mass is 9.86. The van der Waals surface area contributed by atoms with Gasteiger partial charge >= 0.3 is 12.1 Å². The van der Waals surface area contributed by atoms with E-state index in [0.29, 0.717) is 5.75 Å². The van der Waals surface area contributed by atoms with Crippen LogP contribution in [0, 0.1) is 5.41 Å². The molecule has 2 amide bonds. The average molecular weight is 635 g/mol. The Morgan fingerprint density at radius 2 is 1.73 bits per heavy atom. The van der Waals surface area contributed by atoms with E-state index in [4.69, 9.17) is 9.47 Å². The van der Waals surface area contributed by atoms with Crippen molar-refractivity contribution in [1.82, 2.24) is 10.2 Å². The molecule has 3 atom stereocenters. The number of hydrogen-bond donors (Lipinski definition) is 1. The molecule has 2 fully saturated rings. The summed E-state index contributed by atoms with van der Waals surface area (Å²) in [6.07, 6.45) is 2.61. The van der Waals surface area contributed by atoms with Gasteiger partial charge in [-0.05, 0) is 31.9 Å². The highest BCUT2D eigenvalue weighted by Gasteiger charge is 2.57. The maximum Gasteiger partial charge on any atom is 0.408 e. The summed E-state index contributed by atoms with van der Waals surface area (Å²) in [6.45, 7) is 5.51. The van der Waals surface area contributed by atoms with E-state index in [2.05, 4.69) is 27.9 Å². The number of ether oxygens (including phenoxy) is 2. The van der Waals surface area contributed by atoms with E-state index in [-0.39, 0.29) is 23.8 Å². The number of β-lactam (4-membered cyclic amide) rings is 1. The predicted molar refractivity (Wildman–Crippen MR) is 152 cm³/mol. The minimum Gasteiger partial charge on any atom is -0.452 e. The van der Waals surface area contributed by atoms with E-state index < -0.39 is 29.3 Å². The van der Waals surface area contributed by atoms with Gasteiger partial charge in [0.15, 0.2) is 6.10 Å². The standard InChI is InChI=1S/C28H31IN2O5S/c1-27(2,3)36-26(34)30-21-23(32)31-17-28(15-10-16-29,18-37-24(21)31)25(33)35-22(19-11-6-4-7-12-19)20-13-8-5-9-14-20/h4-15,21-22,24H,16-18H2,1-3H3,(H,30,34)/t21?,24-,28?/m1/s1. The van der Waals surface area contributed by atoms with Crippen LogP contribution in [-0.2, 0) is 19.1 Å². The van der Waals surface area contributed by atoms with Crippen molar-refractivity contribution in [3.8, 4) is 0 Å². The smallest absolute Gasteiger partial charge is 0.408 e. The Balaban J connectivity index is 1.53. The van der Waals surface area contributed by atoms with Crippen LogP contribution < -0.4 is 5.32 Å². The first-order valence-corrected chi connectivity index (χ1v) is 14.7. The van der Waals surface area contributed by atoms with Crippen LogP contribution in [0.2, 0.25) is 0 Å². The van der Waals surface area contributed by atoms with Crippen LogP contribution in [0.3, 0.4) is 0 Å². The molecule has 2 aliphatic heterocycles. The number of fused-ring (bicyclic) bond motifs is 1. The zero-order valence-corrected chi connectivity index (χ0v) is 24.0. The van der Waals surface area contributed by atoms with E-state index in [1.54, 1.807) is 25.7 Å². The van der Waals surface area contributed by atoms with E-state index in [0.717, 1.165) is 15.6 Å². The first-order chi connectivity index (χ1) is 17.6. The summed E-state index contributed by atoms with van der Waals surface area (Å²) in [7, 11) is 0. The molecule has 2 heterocycles. The lowest BCUT2D eigenvalue weighted by Gasteiger charge is -2.53. The van der Waals surface area contributed by atoms with Crippen molar-refractivity contribution in [2.75, 3.05) is 16.7 Å². The summed E-state index contributed by atoms with van der Waals surface area (Å²) in [5, 5.41) is 2.43. The summed E-state index contributed by atoms with van der Waals surface area (Å²) in [4.78, 5) is 40.8. The van der Waals surface area contributed by atoms with E-state index in [1.165, 1.54) is 11.8 Å². The number of carbonyl (C=O) groups is 3. The van der Waals surface area contributed by atoms with Crippen LogP contribution in [-0.4, -0.2) is 56.6 Å². The van der Waals surface area contributed by atoms with Crippen molar-refractivity contribution in [3.63, 3.8) is 0 Å². The van der Waals surface area contributed by atoms with Crippen LogP contribution in [0.15, 0.2) is 72.8 Å². The normalized spacial score (nSPS) is 23.4. The van der Waals surface area contributed by atoms with Gasteiger partial charge in [0.05, 0.1) is 0 Å². The maximum absolute atomic E-state index is 13.9. The number of amides is 2. The van der Waals surface area contributed by atoms with Crippen molar-refractivity contribution in [2.24, 2.45) is 5.41 Å². The van der Waals surface area contributed by atoms with Crippen LogP contribution >= 0.6 is 34.4 Å². The number of allylic oxidation sites excluding steroid dienone is 1. The molecule has 196 valence electrons. The van der Waals surface area contributed by atoms with Gasteiger partial charge < -0.3 is 19.7 Å². The van der Waals surface area contributed by atoms with Crippen LogP contribution in [0.1, 0.15) is 38.0 Å². The second kappa shape index (κ2) is 11.5. The largest absolute Gasteiger partial charge is 0.452 e. The number of alkyl halides is 1. The lowest BCUT2D eigenvalue weighted by Crippen LogP contribution is -2.73. The Morgan fingerprint density at radius 1 is 1.14 bits per heavy atom. The van der Waals surface area contributed by atoms with Crippen LogP contribution in [0.4, 0.5) is 4.79 Å². The van der Waals surface area contributed by atoms with E-state index in [9.17, 15) is 14.4 Å². The number of alkyl carbamates (subject to hydrolysis) is 1. The van der Waals surface area contributed by atoms with Crippen molar-refractivity contribution in [3.05, 3.63) is 83.9 Å². The van der Waals surface area contributed by atoms with Crippen LogP contribution in [0.5, 0.6) is 0 Å². The summed E-state index contributed by atoms with van der Waals surface area (Å²) in [6, 6.07) is 18.6. The van der Waals surface area contributed by atoms with Gasteiger partial charge in [-0.3, -0.25) is 9.59 Å². The number of thioether (sulfide) groups is 1. The summed E-state index contributed by atoms with van der Waals surface area (Å²) in [5.74, 6) is -0.185. The molecule has 37 heavy (non-hydrogen) atoms. The summed E-state index contributed by atoms with van der Waals surface area (Å²) in [5.41, 5.74) is 0.0878. The Labute approximate surface area is 235 Å². The zero-order valence-electron chi connectivity index (χ0n) is 21.1. The molecule has 0 spiro atoms. The van der Waals surface area contributed by atoms with Crippen molar-refractivity contribution in [1.29, 1.82) is 0 Å². The highest BCUT2D eigenvalue weighted by atomic mass is 127. The lowest BCUT2D eigenvalue weighted by molar-refractivity contribution is -0.161. The number of nitrogens with one attached hydrogen (secondary N) is 1. The van der Waals surface area contributed by atoms with Crippen molar-refractivity contribution < 1.29 is 23.9 Å². The molecule has 2 saturated heterocycles. The molecule has 1 N–H and O–H groups in total. The highest BCUT2D eigenvalue weighted by Crippen LogP contribution is 2.44. The molecular formula is C28H31IN2O5S. The second-order valence-electron chi connectivity index (χ2n) is 10.1. The highest BCUT2D eigenvalue weighted by molar-refractivity contribution is 14.1. The monoisotopic (exact) mass is 634 g/mol. The average Bonchev–Trinajstić information content (AvgIpc) is 2.89.